The zero-order valence-corrected chi connectivity index (χ0v) is 9.43. The van der Waals surface area contributed by atoms with Gasteiger partial charge in [-0.3, -0.25) is 0 Å². The zero-order chi connectivity index (χ0) is 12.2. The molecule has 90 valence electrons. The molecule has 0 aliphatic rings. The largest absolute Gasteiger partial charge is 0.399 e. The van der Waals surface area contributed by atoms with E-state index in [1.807, 2.05) is 0 Å². The predicted octanol–water partition coefficient (Wildman–Crippen LogP) is 0.498. The molecule has 1 rings (SSSR count). The number of hydrogen-bond acceptors (Lipinski definition) is 4. The summed E-state index contributed by atoms with van der Waals surface area (Å²) in [6.07, 6.45) is 0.356. The van der Waals surface area contributed by atoms with Crippen LogP contribution in [0, 0.1) is 5.82 Å². The lowest BCUT2D eigenvalue weighted by molar-refractivity contribution is 0.595. The van der Waals surface area contributed by atoms with Crippen LogP contribution in [0.3, 0.4) is 0 Å². The summed E-state index contributed by atoms with van der Waals surface area (Å²) in [4.78, 5) is 0. The number of sulfonamides is 1. The molecule has 0 saturated heterocycles. The fourth-order valence-corrected chi connectivity index (χ4v) is 1.77. The molecule has 5 nitrogen and oxygen atoms in total. The van der Waals surface area contributed by atoms with Gasteiger partial charge in [-0.05, 0) is 24.6 Å². The maximum Gasteiger partial charge on any atom is 0.209 e. The first-order valence-electron chi connectivity index (χ1n) is 4.67. The van der Waals surface area contributed by atoms with Gasteiger partial charge in [0.15, 0.2) is 0 Å². The van der Waals surface area contributed by atoms with Gasteiger partial charge in [0.05, 0.1) is 5.75 Å². The van der Waals surface area contributed by atoms with E-state index in [9.17, 15) is 12.8 Å². The molecule has 1 aromatic carbocycles. The number of nitrogens with one attached hydrogen (secondary N) is 1. The van der Waals surface area contributed by atoms with E-state index in [2.05, 4.69) is 5.32 Å². The molecule has 16 heavy (non-hydrogen) atoms. The minimum Gasteiger partial charge on any atom is -0.399 e. The molecule has 0 radical (unpaired) electrons. The Morgan fingerprint density at radius 2 is 2.00 bits per heavy atom. The van der Waals surface area contributed by atoms with Crippen LogP contribution in [0.5, 0.6) is 0 Å². The highest BCUT2D eigenvalue weighted by molar-refractivity contribution is 7.89. The summed E-state index contributed by atoms with van der Waals surface area (Å²) in [5.74, 6) is -0.543. The molecule has 0 aliphatic carbocycles. The van der Waals surface area contributed by atoms with E-state index in [0.29, 0.717) is 24.3 Å². The molecule has 0 unspecified atom stereocenters. The average molecular weight is 247 g/mol. The van der Waals surface area contributed by atoms with Gasteiger partial charge in [0.1, 0.15) is 5.82 Å². The topological polar surface area (TPSA) is 98.2 Å². The number of benzene rings is 1. The number of rotatable bonds is 5. The van der Waals surface area contributed by atoms with E-state index in [1.54, 1.807) is 6.07 Å². The van der Waals surface area contributed by atoms with Crippen molar-refractivity contribution in [2.75, 3.05) is 23.3 Å². The Morgan fingerprint density at radius 1 is 1.31 bits per heavy atom. The highest BCUT2D eigenvalue weighted by Gasteiger charge is 2.02. The van der Waals surface area contributed by atoms with Crippen molar-refractivity contribution in [2.24, 2.45) is 5.14 Å². The van der Waals surface area contributed by atoms with Crippen molar-refractivity contribution in [2.45, 2.75) is 6.42 Å². The minimum absolute atomic E-state index is 0.106. The van der Waals surface area contributed by atoms with Gasteiger partial charge in [-0.25, -0.2) is 17.9 Å². The molecule has 0 fully saturated rings. The highest BCUT2D eigenvalue weighted by atomic mass is 32.2. The second-order valence-electron chi connectivity index (χ2n) is 3.42. The molecule has 0 spiro atoms. The highest BCUT2D eigenvalue weighted by Crippen LogP contribution is 2.15. The summed E-state index contributed by atoms with van der Waals surface area (Å²) >= 11 is 0. The van der Waals surface area contributed by atoms with Gasteiger partial charge in [0.2, 0.25) is 10.0 Å². The Kier molecular flexibility index (Phi) is 4.08. The number of nitrogens with two attached hydrogens (primary N) is 2. The third kappa shape index (κ3) is 4.94. The number of hydrogen-bond donors (Lipinski definition) is 3. The monoisotopic (exact) mass is 247 g/mol. The number of primary sulfonamides is 1. The van der Waals surface area contributed by atoms with E-state index in [-0.39, 0.29) is 5.75 Å². The second-order valence-corrected chi connectivity index (χ2v) is 5.15. The Balaban J connectivity index is 2.43. The lowest BCUT2D eigenvalue weighted by atomic mass is 10.2. The molecule has 0 aromatic heterocycles. The quantitative estimate of drug-likeness (QED) is 0.521. The van der Waals surface area contributed by atoms with Crippen LogP contribution in [0.2, 0.25) is 0 Å². The molecule has 0 heterocycles. The Bertz CT molecular complexity index is 442. The summed E-state index contributed by atoms with van der Waals surface area (Å²) in [6, 6.07) is 4.06. The minimum atomic E-state index is -3.43. The maximum atomic E-state index is 12.9. The van der Waals surface area contributed by atoms with E-state index in [4.69, 9.17) is 10.9 Å². The van der Waals surface area contributed by atoms with Crippen molar-refractivity contribution in [3.63, 3.8) is 0 Å². The van der Waals surface area contributed by atoms with Crippen LogP contribution in [-0.4, -0.2) is 20.7 Å². The summed E-state index contributed by atoms with van der Waals surface area (Å²) < 4.78 is 34.1. The van der Waals surface area contributed by atoms with Gasteiger partial charge in [-0.15, -0.1) is 0 Å². The Morgan fingerprint density at radius 3 is 2.56 bits per heavy atom. The second kappa shape index (κ2) is 5.13. The van der Waals surface area contributed by atoms with E-state index in [1.165, 1.54) is 12.1 Å². The lowest BCUT2D eigenvalue weighted by Crippen LogP contribution is -2.18. The van der Waals surface area contributed by atoms with Crippen molar-refractivity contribution < 1.29 is 12.8 Å². The van der Waals surface area contributed by atoms with Crippen LogP contribution in [0.1, 0.15) is 6.42 Å². The molecular formula is C9H14FN3O2S. The summed E-state index contributed by atoms with van der Waals surface area (Å²) in [6.45, 7) is 0.388. The van der Waals surface area contributed by atoms with Crippen molar-refractivity contribution in [3.8, 4) is 0 Å². The molecular weight excluding hydrogens is 233 g/mol. The normalized spacial score (nSPS) is 11.4. The van der Waals surface area contributed by atoms with Gasteiger partial charge in [-0.1, -0.05) is 0 Å². The van der Waals surface area contributed by atoms with Crippen LogP contribution in [-0.2, 0) is 10.0 Å². The first-order chi connectivity index (χ1) is 7.37. The van der Waals surface area contributed by atoms with Crippen LogP contribution in [0.4, 0.5) is 15.8 Å². The summed E-state index contributed by atoms with van der Waals surface area (Å²) in [5.41, 5.74) is 6.27. The molecule has 0 saturated carbocycles. The van der Waals surface area contributed by atoms with Crippen molar-refractivity contribution in [1.29, 1.82) is 0 Å². The summed E-state index contributed by atoms with van der Waals surface area (Å²) in [5, 5.41) is 7.69. The third-order valence-electron chi connectivity index (χ3n) is 1.85. The molecule has 0 amide bonds. The van der Waals surface area contributed by atoms with Crippen molar-refractivity contribution >= 4 is 21.4 Å². The van der Waals surface area contributed by atoms with Gasteiger partial charge in [0.25, 0.3) is 0 Å². The van der Waals surface area contributed by atoms with Crippen LogP contribution in [0.25, 0.3) is 0 Å². The molecule has 1 aromatic rings. The predicted molar refractivity (Wildman–Crippen MR) is 61.9 cm³/mol. The van der Waals surface area contributed by atoms with E-state index < -0.39 is 15.8 Å². The molecule has 7 heteroatoms. The van der Waals surface area contributed by atoms with Gasteiger partial charge < -0.3 is 11.1 Å². The molecule has 0 atom stereocenters. The zero-order valence-electron chi connectivity index (χ0n) is 8.61. The fraction of sp³-hybridized carbons (Fsp3) is 0.333. The number of anilines is 2. The smallest absolute Gasteiger partial charge is 0.209 e. The van der Waals surface area contributed by atoms with Crippen LogP contribution in [0.15, 0.2) is 18.2 Å². The fourth-order valence-electron chi connectivity index (χ4n) is 1.22. The molecule has 0 bridgehead atoms. The van der Waals surface area contributed by atoms with Gasteiger partial charge in [0, 0.05) is 17.9 Å². The summed E-state index contributed by atoms with van der Waals surface area (Å²) in [7, 11) is -3.43. The lowest BCUT2D eigenvalue weighted by Gasteiger charge is -2.06. The first-order valence-corrected chi connectivity index (χ1v) is 6.39. The average Bonchev–Trinajstić information content (AvgIpc) is 2.09. The van der Waals surface area contributed by atoms with Crippen molar-refractivity contribution in [3.05, 3.63) is 24.0 Å². The SMILES string of the molecule is Nc1cc(F)cc(NCCCS(N)(=O)=O)c1. The number of halogens is 1. The van der Waals surface area contributed by atoms with Crippen LogP contribution < -0.4 is 16.2 Å². The Labute approximate surface area is 93.7 Å². The molecule has 5 N–H and O–H groups in total. The maximum absolute atomic E-state index is 12.9. The number of nitrogen functional groups attached to an aromatic ring is 1. The van der Waals surface area contributed by atoms with Gasteiger partial charge >= 0.3 is 0 Å². The van der Waals surface area contributed by atoms with Crippen molar-refractivity contribution in [1.82, 2.24) is 0 Å². The van der Waals surface area contributed by atoms with E-state index in [0.717, 1.165) is 0 Å². The third-order valence-corrected chi connectivity index (χ3v) is 2.71. The Hall–Kier alpha value is -1.34. The van der Waals surface area contributed by atoms with Crippen LogP contribution >= 0.6 is 0 Å². The molecule has 0 aliphatic heterocycles. The first kappa shape index (κ1) is 12.7. The van der Waals surface area contributed by atoms with Gasteiger partial charge in [-0.2, -0.15) is 0 Å². The standard InChI is InChI=1S/C9H14FN3O2S/c10-7-4-8(11)6-9(5-7)13-2-1-3-16(12,14)15/h4-6,13H,1-3,11H2,(H2,12,14,15). The van der Waals surface area contributed by atoms with E-state index >= 15 is 0 Å².